The second-order valence-electron chi connectivity index (χ2n) is 15.7. The van der Waals surface area contributed by atoms with Gasteiger partial charge in [-0.05, 0) is 107 Å². The van der Waals surface area contributed by atoms with Gasteiger partial charge in [0.2, 0.25) is 0 Å². The molecule has 0 atom stereocenters. The van der Waals surface area contributed by atoms with Crippen LogP contribution in [-0.4, -0.2) is 4.57 Å². The van der Waals surface area contributed by atoms with E-state index >= 15 is 0 Å². The summed E-state index contributed by atoms with van der Waals surface area (Å²) in [5.74, 6) is 0. The Kier molecular flexibility index (Phi) is 7.72. The Morgan fingerprint density at radius 3 is 2.08 bits per heavy atom. The third-order valence-corrected chi connectivity index (χ3v) is 13.4. The zero-order valence-corrected chi connectivity index (χ0v) is 33.3. The highest BCUT2D eigenvalue weighted by atomic mass is 32.1. The maximum Gasteiger partial charge on any atom is 0.143 e. The lowest BCUT2D eigenvalue weighted by Crippen LogP contribution is -1.97. The normalized spacial score (nSPS) is 11.9. The van der Waals surface area contributed by atoms with Gasteiger partial charge in [0, 0.05) is 58.5 Å². The minimum Gasteiger partial charge on any atom is -0.455 e. The van der Waals surface area contributed by atoms with E-state index in [0.29, 0.717) is 0 Å². The molecule has 9 aromatic carbocycles. The van der Waals surface area contributed by atoms with Gasteiger partial charge >= 0.3 is 0 Å². The quantitative estimate of drug-likeness (QED) is 0.165. The SMILES string of the molecule is Cc1cccc(-c2ccc3c(c2)c2ccccc2n3-c2ccccc2)c1-c1ccccc1Cc1cc(-c2cccc3c2oc2ccccc23)c2sc3ccccc3c2c1. The molecule has 3 aromatic heterocycles. The number of hydrogen-bond acceptors (Lipinski definition) is 2. The molecule has 0 bridgehead atoms. The number of furan rings is 1. The van der Waals surface area contributed by atoms with E-state index in [0.717, 1.165) is 33.9 Å². The highest BCUT2D eigenvalue weighted by Gasteiger charge is 2.20. The van der Waals surface area contributed by atoms with E-state index in [2.05, 4.69) is 206 Å². The standard InChI is InChI=1S/C56H37NOS/c1-35-15-13-23-41(38-29-30-51-47(34-38)42-20-7-10-26-50(42)57(51)39-17-3-2-4-18-39)54(35)40-19-6-5-16-37(40)31-36-32-48-44-22-9-12-28-53(44)59-56(48)49(33-36)46-25-14-24-45-43-21-8-11-27-52(43)58-55(45)46/h2-30,32-34H,31H2,1H3. The summed E-state index contributed by atoms with van der Waals surface area (Å²) in [4.78, 5) is 0. The molecule has 3 heteroatoms. The van der Waals surface area contributed by atoms with E-state index in [1.807, 2.05) is 11.3 Å². The van der Waals surface area contributed by atoms with Gasteiger partial charge in [0.15, 0.2) is 0 Å². The molecular formula is C56H37NOS. The average Bonchev–Trinajstić information content (AvgIpc) is 3.96. The molecule has 0 amide bonds. The third-order valence-electron chi connectivity index (χ3n) is 12.2. The molecule has 0 aliphatic heterocycles. The first-order valence-corrected chi connectivity index (χ1v) is 21.1. The number of fused-ring (bicyclic) bond motifs is 9. The Hall–Kier alpha value is -7.20. The van der Waals surface area contributed by atoms with Crippen LogP contribution >= 0.6 is 11.3 Å². The zero-order valence-electron chi connectivity index (χ0n) is 32.4. The first-order chi connectivity index (χ1) is 29.2. The lowest BCUT2D eigenvalue weighted by molar-refractivity contribution is 0.670. The van der Waals surface area contributed by atoms with Crippen molar-refractivity contribution in [2.45, 2.75) is 13.3 Å². The van der Waals surface area contributed by atoms with E-state index in [9.17, 15) is 0 Å². The van der Waals surface area contributed by atoms with Gasteiger partial charge in [-0.1, -0.05) is 140 Å². The number of para-hydroxylation sites is 4. The molecule has 2 nitrogen and oxygen atoms in total. The Morgan fingerprint density at radius 1 is 0.475 bits per heavy atom. The van der Waals surface area contributed by atoms with Crippen molar-refractivity contribution in [1.82, 2.24) is 4.57 Å². The number of aryl methyl sites for hydroxylation is 1. The van der Waals surface area contributed by atoms with Crippen LogP contribution in [0.1, 0.15) is 16.7 Å². The molecule has 0 unspecified atom stereocenters. The van der Waals surface area contributed by atoms with Crippen LogP contribution in [0, 0.1) is 6.92 Å². The van der Waals surface area contributed by atoms with Gasteiger partial charge in [0.1, 0.15) is 11.2 Å². The zero-order chi connectivity index (χ0) is 39.0. The largest absolute Gasteiger partial charge is 0.455 e. The summed E-state index contributed by atoms with van der Waals surface area (Å²) >= 11 is 1.87. The Balaban J connectivity index is 1.02. The van der Waals surface area contributed by atoms with Crippen LogP contribution in [0.5, 0.6) is 0 Å². The fraction of sp³-hybridized carbons (Fsp3) is 0.0357. The molecule has 0 spiro atoms. The summed E-state index contributed by atoms with van der Waals surface area (Å²) < 4.78 is 11.6. The number of rotatable bonds is 6. The summed E-state index contributed by atoms with van der Waals surface area (Å²) in [5, 5.41) is 7.41. The molecule has 3 heterocycles. The van der Waals surface area contributed by atoms with Gasteiger partial charge in [-0.15, -0.1) is 11.3 Å². The van der Waals surface area contributed by atoms with Crippen molar-refractivity contribution in [2.24, 2.45) is 0 Å². The van der Waals surface area contributed by atoms with Gasteiger partial charge in [0.05, 0.1) is 11.0 Å². The van der Waals surface area contributed by atoms with Crippen LogP contribution in [0.15, 0.2) is 199 Å². The second kappa shape index (κ2) is 13.4. The van der Waals surface area contributed by atoms with E-state index < -0.39 is 0 Å². The second-order valence-corrected chi connectivity index (χ2v) is 16.7. The van der Waals surface area contributed by atoms with Crippen molar-refractivity contribution in [1.29, 1.82) is 0 Å². The predicted molar refractivity (Wildman–Crippen MR) is 251 cm³/mol. The van der Waals surface area contributed by atoms with Crippen molar-refractivity contribution in [2.75, 3.05) is 0 Å². The molecule has 0 saturated heterocycles. The van der Waals surface area contributed by atoms with Crippen molar-refractivity contribution in [3.05, 3.63) is 211 Å². The van der Waals surface area contributed by atoms with Gasteiger partial charge in [0.25, 0.3) is 0 Å². The minimum atomic E-state index is 0.788. The maximum absolute atomic E-state index is 6.64. The summed E-state index contributed by atoms with van der Waals surface area (Å²) in [6.45, 7) is 2.26. The maximum atomic E-state index is 6.64. The molecule has 0 fully saturated rings. The molecule has 0 saturated carbocycles. The van der Waals surface area contributed by atoms with Crippen molar-refractivity contribution in [3.63, 3.8) is 0 Å². The summed E-state index contributed by atoms with van der Waals surface area (Å²) in [6.07, 6.45) is 0.788. The lowest BCUT2D eigenvalue weighted by atomic mass is 9.86. The summed E-state index contributed by atoms with van der Waals surface area (Å²) in [5.41, 5.74) is 16.7. The molecule has 0 radical (unpaired) electrons. The van der Waals surface area contributed by atoms with Gasteiger partial charge in [-0.25, -0.2) is 0 Å². The summed E-state index contributed by atoms with van der Waals surface area (Å²) in [6, 6.07) is 70.9. The van der Waals surface area contributed by atoms with E-state index in [1.165, 1.54) is 92.2 Å². The Labute approximate surface area is 345 Å². The average molecular weight is 772 g/mol. The molecule has 0 aliphatic rings. The number of nitrogens with zero attached hydrogens (tertiary/aromatic N) is 1. The number of benzene rings is 9. The monoisotopic (exact) mass is 771 g/mol. The van der Waals surface area contributed by atoms with Gasteiger partial charge < -0.3 is 8.98 Å². The van der Waals surface area contributed by atoms with E-state index in [4.69, 9.17) is 4.42 Å². The predicted octanol–water partition coefficient (Wildman–Crippen LogP) is 16.0. The molecular weight excluding hydrogens is 735 g/mol. The van der Waals surface area contributed by atoms with Crippen LogP contribution in [0.3, 0.4) is 0 Å². The van der Waals surface area contributed by atoms with Crippen LogP contribution < -0.4 is 0 Å². The van der Waals surface area contributed by atoms with Crippen LogP contribution in [0.4, 0.5) is 0 Å². The molecule has 59 heavy (non-hydrogen) atoms. The van der Waals surface area contributed by atoms with E-state index in [1.54, 1.807) is 0 Å². The lowest BCUT2D eigenvalue weighted by Gasteiger charge is -2.18. The molecule has 278 valence electrons. The first-order valence-electron chi connectivity index (χ1n) is 20.3. The number of thiophene rings is 1. The van der Waals surface area contributed by atoms with Crippen LogP contribution in [0.2, 0.25) is 0 Å². The minimum absolute atomic E-state index is 0.788. The van der Waals surface area contributed by atoms with Crippen LogP contribution in [0.25, 0.3) is 103 Å². The molecule has 12 aromatic rings. The smallest absolute Gasteiger partial charge is 0.143 e. The van der Waals surface area contributed by atoms with Gasteiger partial charge in [-0.3, -0.25) is 0 Å². The number of aromatic nitrogens is 1. The third kappa shape index (κ3) is 5.39. The molecule has 12 rings (SSSR count). The van der Waals surface area contributed by atoms with Gasteiger partial charge in [-0.2, -0.15) is 0 Å². The van der Waals surface area contributed by atoms with Crippen molar-refractivity contribution >= 4 is 75.3 Å². The highest BCUT2D eigenvalue weighted by molar-refractivity contribution is 7.26. The Bertz CT molecular complexity index is 3600. The highest BCUT2D eigenvalue weighted by Crippen LogP contribution is 2.46. The van der Waals surface area contributed by atoms with E-state index in [-0.39, 0.29) is 0 Å². The summed E-state index contributed by atoms with van der Waals surface area (Å²) in [7, 11) is 0. The molecule has 0 N–H and O–H groups in total. The first kappa shape index (κ1) is 33.9. The molecule has 0 aliphatic carbocycles. The fourth-order valence-corrected chi connectivity index (χ4v) is 10.8. The Morgan fingerprint density at radius 2 is 1.17 bits per heavy atom. The van der Waals surface area contributed by atoms with Crippen LogP contribution in [-0.2, 0) is 6.42 Å². The topological polar surface area (TPSA) is 18.1 Å². The number of hydrogen-bond donors (Lipinski definition) is 0. The fourth-order valence-electron chi connectivity index (χ4n) is 9.55. The van der Waals surface area contributed by atoms with Crippen molar-refractivity contribution < 1.29 is 4.42 Å². The van der Waals surface area contributed by atoms with Crippen molar-refractivity contribution in [3.8, 4) is 39.1 Å².